The van der Waals surface area contributed by atoms with Gasteiger partial charge in [-0.25, -0.2) is 4.98 Å². The van der Waals surface area contributed by atoms with Crippen molar-refractivity contribution in [3.63, 3.8) is 0 Å². The molecular weight excluding hydrogens is 428 g/mol. The summed E-state index contributed by atoms with van der Waals surface area (Å²) in [6.45, 7) is 0. The lowest BCUT2D eigenvalue weighted by atomic mass is 10.0. The fraction of sp³-hybridized carbons (Fsp3) is 0.0500. The van der Waals surface area contributed by atoms with Gasteiger partial charge in [0.2, 0.25) is 11.2 Å². The molecule has 0 aliphatic carbocycles. The maximum Gasteiger partial charge on any atom is 0.440 e. The zero-order valence-electron chi connectivity index (χ0n) is 14.3. The number of halogens is 5. The van der Waals surface area contributed by atoms with E-state index in [4.69, 9.17) is 23.2 Å². The molecule has 146 valence electrons. The highest BCUT2D eigenvalue weighted by Crippen LogP contribution is 2.33. The normalized spacial score (nSPS) is 11.9. The molecule has 0 bridgehead atoms. The Hall–Kier alpha value is -2.90. The largest absolute Gasteiger partial charge is 0.618 e. The Labute approximate surface area is 171 Å². The van der Waals surface area contributed by atoms with Gasteiger partial charge in [-0.15, -0.1) is 0 Å². The van der Waals surface area contributed by atoms with Gasteiger partial charge in [-0.2, -0.15) is 17.9 Å². The third-order valence-electron chi connectivity index (χ3n) is 4.39. The van der Waals surface area contributed by atoms with Crippen molar-refractivity contribution in [3.8, 4) is 0 Å². The van der Waals surface area contributed by atoms with Crippen LogP contribution in [0.3, 0.4) is 0 Å². The first-order valence-electron chi connectivity index (χ1n) is 8.20. The van der Waals surface area contributed by atoms with Gasteiger partial charge in [0, 0.05) is 11.6 Å². The average molecular weight is 437 g/mol. The fourth-order valence-corrected chi connectivity index (χ4v) is 3.35. The Morgan fingerprint density at radius 3 is 2.31 bits per heavy atom. The predicted molar refractivity (Wildman–Crippen MR) is 103 cm³/mol. The van der Waals surface area contributed by atoms with Crippen LogP contribution in [0.4, 0.5) is 13.2 Å². The number of hydrogen-bond donors (Lipinski definition) is 0. The molecular formula is C20H9Cl2F3N2O2. The monoisotopic (exact) mass is 436 g/mol. The molecule has 0 spiro atoms. The zero-order valence-corrected chi connectivity index (χ0v) is 15.8. The van der Waals surface area contributed by atoms with Crippen molar-refractivity contribution in [2.75, 3.05) is 0 Å². The molecule has 4 aromatic rings. The molecule has 0 unspecified atom stereocenters. The van der Waals surface area contributed by atoms with E-state index in [0.717, 1.165) is 17.5 Å². The van der Waals surface area contributed by atoms with Crippen LogP contribution >= 0.6 is 23.2 Å². The summed E-state index contributed by atoms with van der Waals surface area (Å²) in [6.07, 6.45) is -5.03. The molecule has 1 heterocycles. The van der Waals surface area contributed by atoms with E-state index in [-0.39, 0.29) is 31.4 Å². The summed E-state index contributed by atoms with van der Waals surface area (Å²) in [4.78, 5) is 16.5. The smallest absolute Gasteiger partial charge is 0.440 e. The molecule has 0 aliphatic heterocycles. The van der Waals surface area contributed by atoms with Gasteiger partial charge in [0.05, 0.1) is 10.0 Å². The molecule has 9 heteroatoms. The lowest BCUT2D eigenvalue weighted by Crippen LogP contribution is -2.40. The number of carbonyl (C=O) groups excluding carboxylic acids is 1. The van der Waals surface area contributed by atoms with Crippen molar-refractivity contribution in [2.24, 2.45) is 0 Å². The molecule has 0 amide bonds. The van der Waals surface area contributed by atoms with E-state index in [0.29, 0.717) is 5.39 Å². The van der Waals surface area contributed by atoms with Gasteiger partial charge in [-0.05, 0) is 22.9 Å². The molecule has 1 aromatic heterocycles. The standard InChI is InChI=1S/C20H9Cl2F3N2O2/c21-13-8-15-16(9-14(13)22)27(29)17(19(26-15)20(23,24)25)18(28)12-6-5-10-3-1-2-4-11(10)7-12/h1-9H. The number of hydrogen-bond acceptors (Lipinski definition) is 3. The van der Waals surface area contributed by atoms with Crippen molar-refractivity contribution < 1.29 is 22.7 Å². The Kier molecular flexibility index (Phi) is 4.59. The van der Waals surface area contributed by atoms with E-state index in [1.165, 1.54) is 12.1 Å². The number of aromatic nitrogens is 2. The average Bonchev–Trinajstić information content (AvgIpc) is 2.68. The first-order chi connectivity index (χ1) is 13.7. The molecule has 3 aromatic carbocycles. The summed E-state index contributed by atoms with van der Waals surface area (Å²) in [5.41, 5.74) is -3.40. The van der Waals surface area contributed by atoms with Gasteiger partial charge in [0.15, 0.2) is 0 Å². The Balaban J connectivity index is 2.00. The highest BCUT2D eigenvalue weighted by atomic mass is 35.5. The van der Waals surface area contributed by atoms with E-state index >= 15 is 0 Å². The number of ketones is 1. The number of alkyl halides is 3. The Morgan fingerprint density at radius 1 is 0.966 bits per heavy atom. The summed E-state index contributed by atoms with van der Waals surface area (Å²) in [6, 6.07) is 13.5. The van der Waals surface area contributed by atoms with Crippen LogP contribution in [0, 0.1) is 5.21 Å². The number of fused-ring (bicyclic) bond motifs is 2. The molecule has 0 saturated heterocycles. The summed E-state index contributed by atoms with van der Waals surface area (Å²) in [7, 11) is 0. The first-order valence-corrected chi connectivity index (χ1v) is 8.95. The van der Waals surface area contributed by atoms with E-state index < -0.39 is 23.3 Å². The maximum atomic E-state index is 13.6. The Morgan fingerprint density at radius 2 is 1.62 bits per heavy atom. The predicted octanol–water partition coefficient (Wildman–Crippen LogP) is 5.58. The van der Waals surface area contributed by atoms with Gasteiger partial charge in [0.25, 0.3) is 11.5 Å². The van der Waals surface area contributed by atoms with Crippen molar-refractivity contribution in [3.05, 3.63) is 86.8 Å². The van der Waals surface area contributed by atoms with Crippen LogP contribution < -0.4 is 4.73 Å². The lowest BCUT2D eigenvalue weighted by Gasteiger charge is -2.14. The van der Waals surface area contributed by atoms with Crippen molar-refractivity contribution >= 4 is 50.8 Å². The molecule has 0 atom stereocenters. The fourth-order valence-electron chi connectivity index (χ4n) is 3.03. The van der Waals surface area contributed by atoms with Crippen molar-refractivity contribution in [2.45, 2.75) is 6.18 Å². The number of carbonyl (C=O) groups is 1. The molecule has 0 aliphatic rings. The Bertz CT molecular complexity index is 1310. The molecule has 4 nitrogen and oxygen atoms in total. The third kappa shape index (κ3) is 3.36. The van der Waals surface area contributed by atoms with Gasteiger partial charge in [0.1, 0.15) is 5.52 Å². The van der Waals surface area contributed by atoms with Crippen LogP contribution in [-0.2, 0) is 6.18 Å². The van der Waals surface area contributed by atoms with E-state index in [1.54, 1.807) is 30.3 Å². The second-order valence-electron chi connectivity index (χ2n) is 6.25. The minimum absolute atomic E-state index is 0.0468. The van der Waals surface area contributed by atoms with E-state index in [2.05, 4.69) is 4.98 Å². The van der Waals surface area contributed by atoms with Gasteiger partial charge in [-0.1, -0.05) is 59.6 Å². The zero-order chi connectivity index (χ0) is 20.9. The first kappa shape index (κ1) is 19.4. The number of benzene rings is 3. The number of rotatable bonds is 2. The molecule has 0 fully saturated rings. The van der Waals surface area contributed by atoms with Crippen LogP contribution in [0.1, 0.15) is 21.7 Å². The summed E-state index contributed by atoms with van der Waals surface area (Å²) in [5, 5.41) is 14.1. The van der Waals surface area contributed by atoms with Crippen molar-refractivity contribution in [1.29, 1.82) is 0 Å². The lowest BCUT2D eigenvalue weighted by molar-refractivity contribution is -0.581. The summed E-state index contributed by atoms with van der Waals surface area (Å²) >= 11 is 11.7. The second kappa shape index (κ2) is 6.86. The topological polar surface area (TPSA) is 56.9 Å². The van der Waals surface area contributed by atoms with E-state index in [1.807, 2.05) is 0 Å². The SMILES string of the molecule is O=C(c1ccc2ccccc2c1)c1c(C(F)(F)F)nc2cc(Cl)c(Cl)cc2[n+]1[O-]. The minimum Gasteiger partial charge on any atom is -0.618 e. The summed E-state index contributed by atoms with van der Waals surface area (Å²) < 4.78 is 40.8. The minimum atomic E-state index is -5.03. The van der Waals surface area contributed by atoms with Crippen LogP contribution in [0.25, 0.3) is 21.8 Å². The highest BCUT2D eigenvalue weighted by Gasteiger charge is 2.44. The maximum absolute atomic E-state index is 13.6. The quantitative estimate of drug-likeness (QED) is 0.234. The molecule has 0 N–H and O–H groups in total. The molecule has 0 radical (unpaired) electrons. The number of nitrogens with zero attached hydrogens (tertiary/aromatic N) is 2. The second-order valence-corrected chi connectivity index (χ2v) is 7.06. The van der Waals surface area contributed by atoms with E-state index in [9.17, 15) is 23.2 Å². The van der Waals surface area contributed by atoms with Crippen LogP contribution in [-0.4, -0.2) is 10.8 Å². The molecule has 29 heavy (non-hydrogen) atoms. The van der Waals surface area contributed by atoms with Gasteiger partial charge >= 0.3 is 6.18 Å². The van der Waals surface area contributed by atoms with Gasteiger partial charge in [-0.3, -0.25) is 4.79 Å². The van der Waals surface area contributed by atoms with Crippen LogP contribution in [0.5, 0.6) is 0 Å². The van der Waals surface area contributed by atoms with Crippen molar-refractivity contribution in [1.82, 2.24) is 4.98 Å². The highest BCUT2D eigenvalue weighted by molar-refractivity contribution is 6.42. The van der Waals surface area contributed by atoms with Gasteiger partial charge < -0.3 is 5.21 Å². The molecule has 0 saturated carbocycles. The summed E-state index contributed by atoms with van der Waals surface area (Å²) in [5.74, 6) is -1.10. The third-order valence-corrected chi connectivity index (χ3v) is 5.11. The molecule has 4 rings (SSSR count). The van der Waals surface area contributed by atoms with Crippen LogP contribution in [0.2, 0.25) is 10.0 Å². The van der Waals surface area contributed by atoms with Crippen LogP contribution in [0.15, 0.2) is 54.6 Å².